The van der Waals surface area contributed by atoms with E-state index < -0.39 is 11.7 Å². The third-order valence-corrected chi connectivity index (χ3v) is 5.36. The minimum Gasteiger partial charge on any atom is -0.334 e. The molecule has 6 heteroatoms. The first kappa shape index (κ1) is 20.0. The number of anilines is 1. The number of carbonyl (C=O) groups excluding carboxylic acids is 2. The molecule has 0 radical (unpaired) electrons. The molecule has 0 aliphatic carbocycles. The van der Waals surface area contributed by atoms with Crippen LogP contribution in [0.15, 0.2) is 42.5 Å². The molecule has 28 heavy (non-hydrogen) atoms. The second-order valence-electron chi connectivity index (χ2n) is 7.48. The average Bonchev–Trinajstić information content (AvgIpc) is 2.69. The van der Waals surface area contributed by atoms with Crippen LogP contribution in [0.2, 0.25) is 0 Å². The predicted molar refractivity (Wildman–Crippen MR) is 108 cm³/mol. The standard InChI is InChI=1S/C22H26FN3O2/c1-14-9-10-26(17(11-14)13-24)22(28)16-8-7-15(2)20(12-16)25-21(27)18-5-3-4-6-19(18)23/h3-8,12,14,17H,9-11,13,24H2,1-2H3,(H,25,27). The molecule has 3 rings (SSSR count). The minimum absolute atomic E-state index is 0.0222. The van der Waals surface area contributed by atoms with Crippen LogP contribution in [0, 0.1) is 18.7 Å². The molecular formula is C22H26FN3O2. The number of aryl methyl sites for hydroxylation is 1. The molecule has 2 amide bonds. The quantitative estimate of drug-likeness (QED) is 0.847. The van der Waals surface area contributed by atoms with Gasteiger partial charge in [-0.15, -0.1) is 0 Å². The molecule has 1 saturated heterocycles. The molecule has 2 aromatic carbocycles. The van der Waals surface area contributed by atoms with Crippen molar-refractivity contribution >= 4 is 17.5 Å². The third-order valence-electron chi connectivity index (χ3n) is 5.36. The lowest BCUT2D eigenvalue weighted by atomic mass is 9.91. The zero-order chi connectivity index (χ0) is 20.3. The molecule has 0 aromatic heterocycles. The van der Waals surface area contributed by atoms with Gasteiger partial charge in [0.2, 0.25) is 0 Å². The number of carbonyl (C=O) groups is 2. The second-order valence-corrected chi connectivity index (χ2v) is 7.48. The maximum Gasteiger partial charge on any atom is 0.258 e. The molecule has 1 heterocycles. The van der Waals surface area contributed by atoms with Gasteiger partial charge in [0.15, 0.2) is 0 Å². The van der Waals surface area contributed by atoms with Gasteiger partial charge in [0.05, 0.1) is 5.56 Å². The van der Waals surface area contributed by atoms with Gasteiger partial charge in [-0.25, -0.2) is 4.39 Å². The summed E-state index contributed by atoms with van der Waals surface area (Å²) in [5.74, 6) is -0.675. The maximum absolute atomic E-state index is 13.9. The van der Waals surface area contributed by atoms with Gasteiger partial charge in [-0.2, -0.15) is 0 Å². The van der Waals surface area contributed by atoms with E-state index in [9.17, 15) is 14.0 Å². The van der Waals surface area contributed by atoms with Gasteiger partial charge in [0.1, 0.15) is 5.82 Å². The van der Waals surface area contributed by atoms with Crippen molar-refractivity contribution in [3.8, 4) is 0 Å². The Kier molecular flexibility index (Phi) is 6.09. The number of likely N-dealkylation sites (tertiary alicyclic amines) is 1. The number of piperidine rings is 1. The van der Waals surface area contributed by atoms with Gasteiger partial charge in [0.25, 0.3) is 11.8 Å². The van der Waals surface area contributed by atoms with Crippen molar-refractivity contribution in [2.45, 2.75) is 32.7 Å². The molecular weight excluding hydrogens is 357 g/mol. The zero-order valence-electron chi connectivity index (χ0n) is 16.2. The largest absolute Gasteiger partial charge is 0.334 e. The van der Waals surface area contributed by atoms with E-state index in [4.69, 9.17) is 5.73 Å². The van der Waals surface area contributed by atoms with Gasteiger partial charge in [-0.1, -0.05) is 25.1 Å². The van der Waals surface area contributed by atoms with Crippen LogP contribution < -0.4 is 11.1 Å². The molecule has 3 N–H and O–H groups in total. The van der Waals surface area contributed by atoms with Gasteiger partial charge < -0.3 is 16.0 Å². The highest BCUT2D eigenvalue weighted by Gasteiger charge is 2.29. The first-order chi connectivity index (χ1) is 13.4. The Morgan fingerprint density at radius 3 is 2.71 bits per heavy atom. The van der Waals surface area contributed by atoms with E-state index in [1.54, 1.807) is 24.3 Å². The highest BCUT2D eigenvalue weighted by molar-refractivity contribution is 6.05. The van der Waals surface area contributed by atoms with Crippen LogP contribution in [-0.2, 0) is 0 Å². The Balaban J connectivity index is 1.82. The topological polar surface area (TPSA) is 75.4 Å². The number of amides is 2. The first-order valence-electron chi connectivity index (χ1n) is 9.58. The van der Waals surface area contributed by atoms with Crippen molar-refractivity contribution < 1.29 is 14.0 Å². The van der Waals surface area contributed by atoms with Crippen LogP contribution in [0.5, 0.6) is 0 Å². The van der Waals surface area contributed by atoms with Gasteiger partial charge >= 0.3 is 0 Å². The summed E-state index contributed by atoms with van der Waals surface area (Å²) in [5.41, 5.74) is 7.63. The highest BCUT2D eigenvalue weighted by Crippen LogP contribution is 2.25. The Morgan fingerprint density at radius 1 is 1.25 bits per heavy atom. The number of benzene rings is 2. The summed E-state index contributed by atoms with van der Waals surface area (Å²) in [6.45, 7) is 5.11. The molecule has 1 aliphatic rings. The summed E-state index contributed by atoms with van der Waals surface area (Å²) in [4.78, 5) is 27.3. The SMILES string of the molecule is Cc1ccc(C(=O)N2CCC(C)CC2CN)cc1NC(=O)c1ccccc1F. The molecule has 1 aliphatic heterocycles. The number of hydrogen-bond donors (Lipinski definition) is 2. The molecule has 0 saturated carbocycles. The Labute approximate surface area is 164 Å². The van der Waals surface area contributed by atoms with Crippen molar-refractivity contribution in [3.63, 3.8) is 0 Å². The van der Waals surface area contributed by atoms with Crippen LogP contribution in [-0.4, -0.2) is 35.8 Å². The maximum atomic E-state index is 13.9. The molecule has 148 valence electrons. The summed E-state index contributed by atoms with van der Waals surface area (Å²) in [7, 11) is 0. The van der Waals surface area contributed by atoms with Crippen LogP contribution in [0.3, 0.4) is 0 Å². The molecule has 0 bridgehead atoms. The van der Waals surface area contributed by atoms with E-state index in [2.05, 4.69) is 12.2 Å². The zero-order valence-corrected chi connectivity index (χ0v) is 16.2. The van der Waals surface area contributed by atoms with Crippen LogP contribution >= 0.6 is 0 Å². The van der Waals surface area contributed by atoms with Gasteiger partial charge in [-0.3, -0.25) is 9.59 Å². The normalized spacial score (nSPS) is 19.4. The number of hydrogen-bond acceptors (Lipinski definition) is 3. The number of halogens is 1. The fourth-order valence-electron chi connectivity index (χ4n) is 3.63. The first-order valence-corrected chi connectivity index (χ1v) is 9.58. The molecule has 2 unspecified atom stereocenters. The van der Waals surface area contributed by atoms with Crippen LogP contribution in [0.25, 0.3) is 0 Å². The Hall–Kier alpha value is -2.73. The van der Waals surface area contributed by atoms with E-state index in [0.717, 1.165) is 18.4 Å². The second kappa shape index (κ2) is 8.52. The van der Waals surface area contributed by atoms with Crippen molar-refractivity contribution in [1.29, 1.82) is 0 Å². The fourth-order valence-corrected chi connectivity index (χ4v) is 3.63. The number of nitrogens with one attached hydrogen (secondary N) is 1. The van der Waals surface area contributed by atoms with Crippen LogP contribution in [0.4, 0.5) is 10.1 Å². The minimum atomic E-state index is -0.585. The number of nitrogens with two attached hydrogens (primary N) is 1. The average molecular weight is 383 g/mol. The summed E-state index contributed by atoms with van der Waals surface area (Å²) in [5, 5.41) is 2.72. The lowest BCUT2D eigenvalue weighted by Gasteiger charge is -2.38. The van der Waals surface area contributed by atoms with Gasteiger partial charge in [0, 0.05) is 30.4 Å². The van der Waals surface area contributed by atoms with Crippen molar-refractivity contribution in [2.75, 3.05) is 18.4 Å². The monoisotopic (exact) mass is 383 g/mol. The molecule has 0 spiro atoms. The highest BCUT2D eigenvalue weighted by atomic mass is 19.1. The predicted octanol–water partition coefficient (Wildman–Crippen LogP) is 3.59. The Morgan fingerprint density at radius 2 is 2.00 bits per heavy atom. The van der Waals surface area contributed by atoms with E-state index in [-0.39, 0.29) is 17.5 Å². The lowest BCUT2D eigenvalue weighted by molar-refractivity contribution is 0.0573. The summed E-state index contributed by atoms with van der Waals surface area (Å²) >= 11 is 0. The molecule has 2 atom stereocenters. The Bertz CT molecular complexity index is 884. The summed E-state index contributed by atoms with van der Waals surface area (Å²) in [6.07, 6.45) is 1.84. The van der Waals surface area contributed by atoms with E-state index in [0.29, 0.717) is 30.3 Å². The van der Waals surface area contributed by atoms with Crippen molar-refractivity contribution in [2.24, 2.45) is 11.7 Å². The summed E-state index contributed by atoms with van der Waals surface area (Å²) < 4.78 is 13.9. The number of nitrogens with zero attached hydrogens (tertiary/aromatic N) is 1. The lowest BCUT2D eigenvalue weighted by Crippen LogP contribution is -2.49. The van der Waals surface area contributed by atoms with Crippen molar-refractivity contribution in [3.05, 3.63) is 65.0 Å². The number of rotatable bonds is 4. The van der Waals surface area contributed by atoms with Gasteiger partial charge in [-0.05, 0) is 55.5 Å². The van der Waals surface area contributed by atoms with E-state index >= 15 is 0 Å². The van der Waals surface area contributed by atoms with E-state index in [1.807, 2.05) is 11.8 Å². The molecule has 2 aromatic rings. The third kappa shape index (κ3) is 4.22. The van der Waals surface area contributed by atoms with Crippen LogP contribution in [0.1, 0.15) is 46.0 Å². The summed E-state index contributed by atoms with van der Waals surface area (Å²) in [6, 6.07) is 11.0. The smallest absolute Gasteiger partial charge is 0.258 e. The fraction of sp³-hybridized carbons (Fsp3) is 0.364. The molecule has 5 nitrogen and oxygen atoms in total. The van der Waals surface area contributed by atoms with Crippen molar-refractivity contribution in [1.82, 2.24) is 4.90 Å². The molecule has 1 fully saturated rings. The van der Waals surface area contributed by atoms with E-state index in [1.165, 1.54) is 18.2 Å².